The zero-order valence-corrected chi connectivity index (χ0v) is 10.7. The zero-order valence-electron chi connectivity index (χ0n) is 10.7. The molecule has 0 aliphatic rings. The van der Waals surface area contributed by atoms with E-state index in [1.165, 1.54) is 0 Å². The van der Waals surface area contributed by atoms with Crippen molar-refractivity contribution in [2.75, 3.05) is 6.54 Å². The molecule has 0 unspecified atom stereocenters. The fourth-order valence-electron chi connectivity index (χ4n) is 1.73. The molecule has 1 amide bonds. The van der Waals surface area contributed by atoms with Gasteiger partial charge in [0.2, 0.25) is 5.91 Å². The Kier molecular flexibility index (Phi) is 8.11. The summed E-state index contributed by atoms with van der Waals surface area (Å²) in [6.07, 6.45) is 3.70. The minimum absolute atomic E-state index is 0.0141. The van der Waals surface area contributed by atoms with Gasteiger partial charge in [-0.25, -0.2) is 0 Å². The van der Waals surface area contributed by atoms with Crippen LogP contribution in [0.1, 0.15) is 39.5 Å². The van der Waals surface area contributed by atoms with Crippen LogP contribution in [0, 0.1) is 11.8 Å². The van der Waals surface area contributed by atoms with Gasteiger partial charge in [-0.2, -0.15) is 0 Å². The number of rotatable bonds is 9. The van der Waals surface area contributed by atoms with Crippen LogP contribution in [-0.4, -0.2) is 23.5 Å². The highest BCUT2D eigenvalue weighted by atomic mass is 16.4. The maximum absolute atomic E-state index is 11.4. The fraction of sp³-hybridized carbons (Fsp3) is 0.692. The first-order valence-electron chi connectivity index (χ1n) is 6.05. The Hall–Kier alpha value is -1.32. The number of hydrogen-bond donors (Lipinski definition) is 2. The van der Waals surface area contributed by atoms with Gasteiger partial charge < -0.3 is 10.4 Å². The topological polar surface area (TPSA) is 66.4 Å². The lowest BCUT2D eigenvalue weighted by molar-refractivity contribution is -0.138. The Morgan fingerprint density at radius 2 is 2.06 bits per heavy atom. The number of carbonyl (C=O) groups excluding carboxylic acids is 1. The number of nitrogens with one attached hydrogen (secondary N) is 1. The summed E-state index contributed by atoms with van der Waals surface area (Å²) in [6.45, 7) is 8.09. The molecule has 4 heteroatoms. The standard InChI is InChI=1S/C13H23NO3/c1-4-5-6-12(15)14-9-11(7-10(2)3)8-13(16)17/h4,10-11H,1,5-9H2,2-3H3,(H,14,15)(H,16,17)/t11-/m0/s1. The van der Waals surface area contributed by atoms with Crippen LogP contribution in [-0.2, 0) is 9.59 Å². The van der Waals surface area contributed by atoms with Gasteiger partial charge in [0.05, 0.1) is 0 Å². The second-order valence-electron chi connectivity index (χ2n) is 4.72. The van der Waals surface area contributed by atoms with Crippen LogP contribution in [0.25, 0.3) is 0 Å². The van der Waals surface area contributed by atoms with E-state index in [4.69, 9.17) is 5.11 Å². The van der Waals surface area contributed by atoms with Gasteiger partial charge in [0.15, 0.2) is 0 Å². The van der Waals surface area contributed by atoms with Crippen molar-refractivity contribution in [2.24, 2.45) is 11.8 Å². The summed E-state index contributed by atoms with van der Waals surface area (Å²) >= 11 is 0. The first-order chi connectivity index (χ1) is 7.95. The Labute approximate surface area is 103 Å². The number of carbonyl (C=O) groups is 2. The molecule has 0 spiro atoms. The largest absolute Gasteiger partial charge is 0.481 e. The SMILES string of the molecule is C=CCCC(=O)NC[C@H](CC(=O)O)CC(C)C. The third kappa shape index (κ3) is 9.60. The van der Waals surface area contributed by atoms with Gasteiger partial charge in [-0.1, -0.05) is 19.9 Å². The lowest BCUT2D eigenvalue weighted by Crippen LogP contribution is -2.30. The summed E-state index contributed by atoms with van der Waals surface area (Å²) in [5.41, 5.74) is 0. The van der Waals surface area contributed by atoms with E-state index in [1.807, 2.05) is 13.8 Å². The highest BCUT2D eigenvalue weighted by molar-refractivity contribution is 5.76. The lowest BCUT2D eigenvalue weighted by Gasteiger charge is -2.17. The van der Waals surface area contributed by atoms with E-state index < -0.39 is 5.97 Å². The molecular formula is C13H23NO3. The number of amides is 1. The molecular weight excluding hydrogens is 218 g/mol. The Balaban J connectivity index is 4.01. The van der Waals surface area contributed by atoms with Crippen LogP contribution < -0.4 is 5.32 Å². The number of carboxylic acid groups (broad SMARTS) is 1. The van der Waals surface area contributed by atoms with E-state index in [1.54, 1.807) is 6.08 Å². The molecule has 0 aromatic rings. The summed E-state index contributed by atoms with van der Waals surface area (Å²) in [6, 6.07) is 0. The van der Waals surface area contributed by atoms with E-state index in [0.717, 1.165) is 6.42 Å². The third-order valence-corrected chi connectivity index (χ3v) is 2.43. The van der Waals surface area contributed by atoms with Gasteiger partial charge in [0.1, 0.15) is 0 Å². The second-order valence-corrected chi connectivity index (χ2v) is 4.72. The van der Waals surface area contributed by atoms with Gasteiger partial charge in [0, 0.05) is 19.4 Å². The second kappa shape index (κ2) is 8.79. The molecule has 4 nitrogen and oxygen atoms in total. The Morgan fingerprint density at radius 1 is 1.41 bits per heavy atom. The summed E-state index contributed by atoms with van der Waals surface area (Å²) in [7, 11) is 0. The molecule has 0 aliphatic heterocycles. The minimum Gasteiger partial charge on any atom is -0.481 e. The molecule has 0 bridgehead atoms. The van der Waals surface area contributed by atoms with Crippen molar-refractivity contribution in [2.45, 2.75) is 39.5 Å². The molecule has 0 aromatic carbocycles. The Bertz CT molecular complexity index is 261. The smallest absolute Gasteiger partial charge is 0.303 e. The fourth-order valence-corrected chi connectivity index (χ4v) is 1.73. The lowest BCUT2D eigenvalue weighted by atomic mass is 9.94. The number of aliphatic carboxylic acids is 1. The average Bonchev–Trinajstić information content (AvgIpc) is 2.21. The zero-order chi connectivity index (χ0) is 13.3. The molecule has 0 saturated carbocycles. The summed E-state index contributed by atoms with van der Waals surface area (Å²) in [5, 5.41) is 11.6. The van der Waals surface area contributed by atoms with Crippen LogP contribution in [0.3, 0.4) is 0 Å². The van der Waals surface area contributed by atoms with Crippen LogP contribution >= 0.6 is 0 Å². The van der Waals surface area contributed by atoms with E-state index in [-0.39, 0.29) is 18.2 Å². The van der Waals surface area contributed by atoms with Crippen molar-refractivity contribution in [3.05, 3.63) is 12.7 Å². The molecule has 17 heavy (non-hydrogen) atoms. The van der Waals surface area contributed by atoms with Crippen LogP contribution in [0.5, 0.6) is 0 Å². The molecule has 98 valence electrons. The van der Waals surface area contributed by atoms with Gasteiger partial charge in [-0.15, -0.1) is 6.58 Å². The predicted octanol–water partition coefficient (Wildman–Crippen LogP) is 2.21. The van der Waals surface area contributed by atoms with Crippen LogP contribution in [0.15, 0.2) is 12.7 Å². The van der Waals surface area contributed by atoms with E-state index in [9.17, 15) is 9.59 Å². The quantitative estimate of drug-likeness (QED) is 0.608. The summed E-state index contributed by atoms with van der Waals surface area (Å²) in [4.78, 5) is 22.1. The minimum atomic E-state index is -0.809. The molecule has 0 radical (unpaired) electrons. The van der Waals surface area contributed by atoms with E-state index in [0.29, 0.717) is 25.3 Å². The van der Waals surface area contributed by atoms with Gasteiger partial charge in [-0.05, 0) is 24.7 Å². The number of allylic oxidation sites excluding steroid dienone is 1. The first kappa shape index (κ1) is 15.7. The van der Waals surface area contributed by atoms with Crippen molar-refractivity contribution in [3.8, 4) is 0 Å². The van der Waals surface area contributed by atoms with E-state index >= 15 is 0 Å². The van der Waals surface area contributed by atoms with Crippen molar-refractivity contribution < 1.29 is 14.7 Å². The molecule has 1 atom stereocenters. The van der Waals surface area contributed by atoms with Crippen molar-refractivity contribution >= 4 is 11.9 Å². The highest BCUT2D eigenvalue weighted by Gasteiger charge is 2.15. The first-order valence-corrected chi connectivity index (χ1v) is 6.05. The summed E-state index contributed by atoms with van der Waals surface area (Å²) in [5.74, 6) is -0.398. The van der Waals surface area contributed by atoms with Crippen molar-refractivity contribution in [1.29, 1.82) is 0 Å². The normalized spacial score (nSPS) is 12.2. The number of carboxylic acids is 1. The highest BCUT2D eigenvalue weighted by Crippen LogP contribution is 2.14. The van der Waals surface area contributed by atoms with Gasteiger partial charge in [0.25, 0.3) is 0 Å². The maximum Gasteiger partial charge on any atom is 0.303 e. The summed E-state index contributed by atoms with van der Waals surface area (Å²) < 4.78 is 0. The van der Waals surface area contributed by atoms with Gasteiger partial charge in [-0.3, -0.25) is 9.59 Å². The Morgan fingerprint density at radius 3 is 2.53 bits per heavy atom. The molecule has 0 aliphatic carbocycles. The van der Waals surface area contributed by atoms with Crippen LogP contribution in [0.4, 0.5) is 0 Å². The monoisotopic (exact) mass is 241 g/mol. The molecule has 0 saturated heterocycles. The maximum atomic E-state index is 11.4. The number of hydrogen-bond acceptors (Lipinski definition) is 2. The molecule has 0 heterocycles. The van der Waals surface area contributed by atoms with Crippen molar-refractivity contribution in [3.63, 3.8) is 0 Å². The average molecular weight is 241 g/mol. The van der Waals surface area contributed by atoms with Crippen molar-refractivity contribution in [1.82, 2.24) is 5.32 Å². The van der Waals surface area contributed by atoms with E-state index in [2.05, 4.69) is 11.9 Å². The molecule has 0 aromatic heterocycles. The third-order valence-electron chi connectivity index (χ3n) is 2.43. The van der Waals surface area contributed by atoms with Gasteiger partial charge >= 0.3 is 5.97 Å². The van der Waals surface area contributed by atoms with Crippen LogP contribution in [0.2, 0.25) is 0 Å². The molecule has 0 rings (SSSR count). The predicted molar refractivity (Wildman–Crippen MR) is 67.6 cm³/mol. The molecule has 2 N–H and O–H groups in total. The molecule has 0 fully saturated rings.